The van der Waals surface area contributed by atoms with Crippen molar-refractivity contribution in [2.45, 2.75) is 19.8 Å². The highest BCUT2D eigenvalue weighted by molar-refractivity contribution is 9.10. The summed E-state index contributed by atoms with van der Waals surface area (Å²) in [6, 6.07) is 7.81. The van der Waals surface area contributed by atoms with E-state index in [4.69, 9.17) is 5.11 Å². The van der Waals surface area contributed by atoms with Crippen LogP contribution in [0.3, 0.4) is 0 Å². The molecule has 0 atom stereocenters. The van der Waals surface area contributed by atoms with Gasteiger partial charge in [0.15, 0.2) is 0 Å². The zero-order valence-electron chi connectivity index (χ0n) is 9.40. The van der Waals surface area contributed by atoms with E-state index >= 15 is 0 Å². The van der Waals surface area contributed by atoms with Crippen LogP contribution in [0.4, 0.5) is 0 Å². The molecule has 2 rings (SSSR count). The van der Waals surface area contributed by atoms with E-state index in [2.05, 4.69) is 20.9 Å². The maximum atomic E-state index is 10.6. The molecule has 3 nitrogen and oxygen atoms in total. The molecule has 0 saturated carbocycles. The first-order valence-corrected chi connectivity index (χ1v) is 6.14. The van der Waals surface area contributed by atoms with Crippen molar-refractivity contribution < 1.29 is 9.90 Å². The zero-order chi connectivity index (χ0) is 12.4. The Labute approximate surface area is 108 Å². The van der Waals surface area contributed by atoms with E-state index in [9.17, 15) is 4.79 Å². The smallest absolute Gasteiger partial charge is 0.303 e. The average molecular weight is 294 g/mol. The van der Waals surface area contributed by atoms with Gasteiger partial charge >= 0.3 is 5.97 Å². The van der Waals surface area contributed by atoms with Crippen LogP contribution < -0.4 is 0 Å². The second-order valence-corrected chi connectivity index (χ2v) is 4.81. The molecule has 1 heterocycles. The fourth-order valence-electron chi connectivity index (χ4n) is 1.88. The maximum absolute atomic E-state index is 10.6. The topological polar surface area (TPSA) is 50.2 Å². The van der Waals surface area contributed by atoms with Crippen LogP contribution >= 0.6 is 15.9 Å². The fourth-order valence-corrected chi connectivity index (χ4v) is 2.33. The Kier molecular flexibility index (Phi) is 3.43. The van der Waals surface area contributed by atoms with E-state index in [0.29, 0.717) is 6.42 Å². The number of pyridine rings is 1. The summed E-state index contributed by atoms with van der Waals surface area (Å²) < 4.78 is 0.940. The number of carboxylic acid groups (broad SMARTS) is 1. The summed E-state index contributed by atoms with van der Waals surface area (Å²) in [5, 5.41) is 9.77. The highest BCUT2D eigenvalue weighted by atomic mass is 79.9. The molecule has 1 aromatic carbocycles. The first-order valence-electron chi connectivity index (χ1n) is 5.34. The summed E-state index contributed by atoms with van der Waals surface area (Å²) in [6.07, 6.45) is 0.677. The normalized spacial score (nSPS) is 10.7. The SMILES string of the molecule is Cc1cc(CCC(=O)O)c2cccc(Br)c2n1. The molecule has 2 aromatic rings. The Morgan fingerprint density at radius 2 is 2.24 bits per heavy atom. The first kappa shape index (κ1) is 12.0. The Hall–Kier alpha value is -1.42. The summed E-state index contributed by atoms with van der Waals surface area (Å²) >= 11 is 3.47. The number of nitrogens with zero attached hydrogens (tertiary/aromatic N) is 1. The Bertz CT molecular complexity index is 581. The van der Waals surface area contributed by atoms with Crippen LogP contribution in [0, 0.1) is 6.92 Å². The minimum absolute atomic E-state index is 0.144. The van der Waals surface area contributed by atoms with E-state index in [0.717, 1.165) is 26.6 Å². The predicted molar refractivity (Wildman–Crippen MR) is 70.1 cm³/mol. The molecule has 0 aliphatic heterocycles. The molecular weight excluding hydrogens is 282 g/mol. The highest BCUT2D eigenvalue weighted by Gasteiger charge is 2.08. The summed E-state index contributed by atoms with van der Waals surface area (Å²) in [6.45, 7) is 1.92. The Morgan fingerprint density at radius 3 is 2.94 bits per heavy atom. The lowest BCUT2D eigenvalue weighted by molar-refractivity contribution is -0.136. The number of aromatic nitrogens is 1. The fraction of sp³-hybridized carbons (Fsp3) is 0.231. The number of carbonyl (C=O) groups is 1. The lowest BCUT2D eigenvalue weighted by Crippen LogP contribution is -1.99. The van der Waals surface area contributed by atoms with Crippen LogP contribution in [0.1, 0.15) is 17.7 Å². The van der Waals surface area contributed by atoms with Crippen molar-refractivity contribution in [2.75, 3.05) is 0 Å². The maximum Gasteiger partial charge on any atom is 0.303 e. The van der Waals surface area contributed by atoms with Gasteiger partial charge in [-0.05, 0) is 47.0 Å². The molecule has 0 unspecified atom stereocenters. The van der Waals surface area contributed by atoms with Gasteiger partial charge in [-0.1, -0.05) is 12.1 Å². The minimum atomic E-state index is -0.775. The van der Waals surface area contributed by atoms with Crippen LogP contribution in [0.5, 0.6) is 0 Å². The molecule has 4 heteroatoms. The summed E-state index contributed by atoms with van der Waals surface area (Å²) in [5.74, 6) is -0.775. The summed E-state index contributed by atoms with van der Waals surface area (Å²) in [5.41, 5.74) is 2.84. The molecule has 17 heavy (non-hydrogen) atoms. The number of halogens is 1. The molecule has 0 saturated heterocycles. The number of para-hydroxylation sites is 1. The van der Waals surface area contributed by atoms with Gasteiger partial charge in [-0.2, -0.15) is 0 Å². The third kappa shape index (κ3) is 2.64. The van der Waals surface area contributed by atoms with Crippen LogP contribution in [-0.2, 0) is 11.2 Å². The molecule has 0 aliphatic carbocycles. The largest absolute Gasteiger partial charge is 0.481 e. The van der Waals surface area contributed by atoms with E-state index in [1.807, 2.05) is 31.2 Å². The van der Waals surface area contributed by atoms with Crippen molar-refractivity contribution in [3.8, 4) is 0 Å². The van der Waals surface area contributed by atoms with Gasteiger partial charge in [0.1, 0.15) is 0 Å². The van der Waals surface area contributed by atoms with Gasteiger partial charge < -0.3 is 5.11 Å². The van der Waals surface area contributed by atoms with E-state index in [-0.39, 0.29) is 6.42 Å². The van der Waals surface area contributed by atoms with Crippen LogP contribution in [0.25, 0.3) is 10.9 Å². The van der Waals surface area contributed by atoms with Crippen molar-refractivity contribution in [3.05, 3.63) is 40.0 Å². The number of aliphatic carboxylic acids is 1. The first-order chi connectivity index (χ1) is 8.08. The standard InChI is InChI=1S/C13H12BrNO2/c1-8-7-9(5-6-12(16)17)10-3-2-4-11(14)13(10)15-8/h2-4,7H,5-6H2,1H3,(H,16,17). The van der Waals surface area contributed by atoms with E-state index < -0.39 is 5.97 Å². The monoisotopic (exact) mass is 293 g/mol. The lowest BCUT2D eigenvalue weighted by Gasteiger charge is -2.08. The van der Waals surface area contributed by atoms with Gasteiger partial charge in [-0.3, -0.25) is 9.78 Å². The quantitative estimate of drug-likeness (QED) is 0.944. The van der Waals surface area contributed by atoms with Crippen molar-refractivity contribution >= 4 is 32.8 Å². The zero-order valence-corrected chi connectivity index (χ0v) is 11.0. The van der Waals surface area contributed by atoms with Crippen LogP contribution in [0.15, 0.2) is 28.7 Å². The number of benzene rings is 1. The molecule has 0 radical (unpaired) electrons. The number of hydrogen-bond acceptors (Lipinski definition) is 2. The second-order valence-electron chi connectivity index (χ2n) is 3.95. The number of hydrogen-bond donors (Lipinski definition) is 1. The molecule has 88 valence electrons. The third-order valence-corrected chi connectivity index (χ3v) is 3.25. The van der Waals surface area contributed by atoms with Crippen molar-refractivity contribution in [2.24, 2.45) is 0 Å². The van der Waals surface area contributed by atoms with Gasteiger partial charge in [-0.25, -0.2) is 0 Å². The van der Waals surface area contributed by atoms with Gasteiger partial charge in [0.2, 0.25) is 0 Å². The Morgan fingerprint density at radius 1 is 1.47 bits per heavy atom. The average Bonchev–Trinajstić information content (AvgIpc) is 2.27. The highest BCUT2D eigenvalue weighted by Crippen LogP contribution is 2.26. The van der Waals surface area contributed by atoms with Gasteiger partial charge in [0.25, 0.3) is 0 Å². The van der Waals surface area contributed by atoms with Crippen molar-refractivity contribution in [1.29, 1.82) is 0 Å². The second kappa shape index (κ2) is 4.84. The number of fused-ring (bicyclic) bond motifs is 1. The van der Waals surface area contributed by atoms with Crippen molar-refractivity contribution in [3.63, 3.8) is 0 Å². The molecule has 1 aromatic heterocycles. The third-order valence-electron chi connectivity index (χ3n) is 2.61. The summed E-state index contributed by atoms with van der Waals surface area (Å²) in [4.78, 5) is 15.1. The molecule has 0 bridgehead atoms. The van der Waals surface area contributed by atoms with Gasteiger partial charge in [-0.15, -0.1) is 0 Å². The van der Waals surface area contributed by atoms with E-state index in [1.165, 1.54) is 0 Å². The lowest BCUT2D eigenvalue weighted by atomic mass is 10.0. The predicted octanol–water partition coefficient (Wildman–Crippen LogP) is 3.32. The number of aryl methyl sites for hydroxylation is 2. The van der Waals surface area contributed by atoms with Crippen LogP contribution in [-0.4, -0.2) is 16.1 Å². The van der Waals surface area contributed by atoms with Crippen LogP contribution in [0.2, 0.25) is 0 Å². The molecule has 0 fully saturated rings. The molecule has 0 amide bonds. The molecule has 0 aliphatic rings. The molecular formula is C13H12BrNO2. The summed E-state index contributed by atoms with van der Waals surface area (Å²) in [7, 11) is 0. The van der Waals surface area contributed by atoms with Gasteiger partial charge in [0, 0.05) is 22.0 Å². The van der Waals surface area contributed by atoms with Gasteiger partial charge in [0.05, 0.1) is 5.52 Å². The number of carboxylic acids is 1. The molecule has 0 spiro atoms. The number of rotatable bonds is 3. The van der Waals surface area contributed by atoms with E-state index in [1.54, 1.807) is 0 Å². The molecule has 1 N–H and O–H groups in total. The minimum Gasteiger partial charge on any atom is -0.481 e. The Balaban J connectivity index is 2.54. The van der Waals surface area contributed by atoms with Crippen molar-refractivity contribution in [1.82, 2.24) is 4.98 Å².